The molecule has 4 nitrogen and oxygen atoms in total. The molecular weight excluding hydrogens is 514 g/mol. The highest BCUT2D eigenvalue weighted by Crippen LogP contribution is 2.40. The molecule has 0 N–H and O–H groups in total. The second kappa shape index (κ2) is 8.36. The van der Waals surface area contributed by atoms with E-state index >= 15 is 0 Å². The summed E-state index contributed by atoms with van der Waals surface area (Å²) < 4.78 is 11.2. The average molecular weight is 538 g/mol. The van der Waals surface area contributed by atoms with E-state index < -0.39 is 0 Å². The van der Waals surface area contributed by atoms with Gasteiger partial charge in [-0.3, -0.25) is 0 Å². The van der Waals surface area contributed by atoms with Crippen LogP contribution < -0.4 is 0 Å². The molecule has 3 aromatic heterocycles. The first-order valence-corrected chi connectivity index (χ1v) is 14.1. The molecular formula is C38H23N3O. The number of fused-ring (bicyclic) bond motifs is 9. The molecule has 0 saturated heterocycles. The third-order valence-electron chi connectivity index (χ3n) is 8.57. The summed E-state index contributed by atoms with van der Waals surface area (Å²) in [7, 11) is 0. The highest BCUT2D eigenvalue weighted by molar-refractivity contribution is 6.14. The van der Waals surface area contributed by atoms with Gasteiger partial charge in [0.1, 0.15) is 5.58 Å². The van der Waals surface area contributed by atoms with Crippen LogP contribution in [-0.4, -0.2) is 9.13 Å². The number of furan rings is 1. The van der Waals surface area contributed by atoms with Gasteiger partial charge < -0.3 is 13.6 Å². The van der Waals surface area contributed by atoms with Crippen molar-refractivity contribution in [3.8, 4) is 11.4 Å². The zero-order chi connectivity index (χ0) is 27.9. The van der Waals surface area contributed by atoms with E-state index in [9.17, 15) is 0 Å². The van der Waals surface area contributed by atoms with Crippen LogP contribution in [0.15, 0.2) is 126 Å². The van der Waals surface area contributed by atoms with E-state index in [0.717, 1.165) is 66.2 Å². The Bertz CT molecular complexity index is 2600. The van der Waals surface area contributed by atoms with Gasteiger partial charge in [0.25, 0.3) is 0 Å². The smallest absolute Gasteiger partial charge is 0.188 e. The fourth-order valence-corrected chi connectivity index (χ4v) is 6.74. The lowest BCUT2D eigenvalue weighted by Gasteiger charge is -2.11. The lowest BCUT2D eigenvalue weighted by atomic mass is 10.1. The van der Waals surface area contributed by atoms with Crippen molar-refractivity contribution in [1.29, 1.82) is 0 Å². The largest absolute Gasteiger partial charge is 0.454 e. The van der Waals surface area contributed by atoms with Gasteiger partial charge in [-0.2, -0.15) is 0 Å². The molecule has 3 heterocycles. The van der Waals surface area contributed by atoms with Crippen molar-refractivity contribution >= 4 is 71.2 Å². The first-order valence-electron chi connectivity index (χ1n) is 14.1. The van der Waals surface area contributed by atoms with Crippen LogP contribution in [-0.2, 0) is 0 Å². The summed E-state index contributed by atoms with van der Waals surface area (Å²) in [4.78, 5) is 3.69. The maximum Gasteiger partial charge on any atom is 0.188 e. The molecule has 0 aliphatic carbocycles. The third-order valence-corrected chi connectivity index (χ3v) is 8.57. The van der Waals surface area contributed by atoms with Crippen molar-refractivity contribution in [2.45, 2.75) is 6.92 Å². The van der Waals surface area contributed by atoms with E-state index in [4.69, 9.17) is 11.0 Å². The number of hydrogen-bond donors (Lipinski definition) is 0. The predicted molar refractivity (Wildman–Crippen MR) is 173 cm³/mol. The third kappa shape index (κ3) is 3.05. The minimum absolute atomic E-state index is 0.652. The van der Waals surface area contributed by atoms with Gasteiger partial charge in [0.15, 0.2) is 11.3 Å². The number of para-hydroxylation sites is 3. The Hall–Kier alpha value is -5.79. The minimum Gasteiger partial charge on any atom is -0.454 e. The number of rotatable bonds is 2. The van der Waals surface area contributed by atoms with Crippen LogP contribution in [0, 0.1) is 13.5 Å². The van der Waals surface area contributed by atoms with Crippen molar-refractivity contribution in [3.05, 3.63) is 138 Å². The Morgan fingerprint density at radius 1 is 0.548 bits per heavy atom. The van der Waals surface area contributed by atoms with Crippen molar-refractivity contribution in [2.24, 2.45) is 0 Å². The molecule has 0 unspecified atom stereocenters. The molecule has 0 atom stereocenters. The van der Waals surface area contributed by atoms with E-state index in [-0.39, 0.29) is 0 Å². The van der Waals surface area contributed by atoms with Gasteiger partial charge in [0.2, 0.25) is 0 Å². The topological polar surface area (TPSA) is 27.4 Å². The van der Waals surface area contributed by atoms with Gasteiger partial charge in [-0.15, -0.1) is 0 Å². The van der Waals surface area contributed by atoms with Crippen LogP contribution >= 0.6 is 0 Å². The number of aryl methyl sites for hydroxylation is 1. The molecule has 4 heteroatoms. The Kier molecular flexibility index (Phi) is 4.57. The molecule has 0 aliphatic heterocycles. The fraction of sp³-hybridized carbons (Fsp3) is 0.0263. The summed E-state index contributed by atoms with van der Waals surface area (Å²) in [6.07, 6.45) is 0. The normalized spacial score (nSPS) is 11.9. The van der Waals surface area contributed by atoms with E-state index in [2.05, 4.69) is 130 Å². The quantitative estimate of drug-likeness (QED) is 0.202. The molecule has 196 valence electrons. The van der Waals surface area contributed by atoms with Crippen LogP contribution in [0.2, 0.25) is 0 Å². The van der Waals surface area contributed by atoms with Gasteiger partial charge in [0.05, 0.1) is 34.3 Å². The number of aromatic nitrogens is 2. The molecule has 0 spiro atoms. The van der Waals surface area contributed by atoms with E-state index in [1.165, 1.54) is 16.3 Å². The van der Waals surface area contributed by atoms with Crippen LogP contribution in [0.1, 0.15) is 5.56 Å². The summed E-state index contributed by atoms with van der Waals surface area (Å²) >= 11 is 0. The molecule has 0 saturated carbocycles. The van der Waals surface area contributed by atoms with Crippen molar-refractivity contribution in [1.82, 2.24) is 9.13 Å². The zero-order valence-corrected chi connectivity index (χ0v) is 22.8. The second-order valence-corrected chi connectivity index (χ2v) is 11.0. The maximum absolute atomic E-state index is 7.54. The average Bonchev–Trinajstić information content (AvgIpc) is 3.68. The Morgan fingerprint density at radius 2 is 1.21 bits per heavy atom. The Balaban J connectivity index is 1.35. The molecule has 0 fully saturated rings. The van der Waals surface area contributed by atoms with E-state index in [0.29, 0.717) is 5.69 Å². The zero-order valence-electron chi connectivity index (χ0n) is 22.8. The van der Waals surface area contributed by atoms with Crippen molar-refractivity contribution in [3.63, 3.8) is 0 Å². The van der Waals surface area contributed by atoms with Crippen molar-refractivity contribution < 1.29 is 4.42 Å². The Labute approximate surface area is 241 Å². The molecule has 0 radical (unpaired) electrons. The standard InChI is InChI=1S/C38H23N3O/c1-23-14-19-37-31(20-23)28-10-7-13-36(38(28)42-37)41-33-12-6-4-9-27(33)30-22-25(16-18-35(30)41)40-32-11-5-3-8-26(32)29-21-24(39-2)15-17-34(29)40/h3-22H,1H3. The van der Waals surface area contributed by atoms with E-state index in [1.54, 1.807) is 0 Å². The molecule has 9 rings (SSSR count). The summed E-state index contributed by atoms with van der Waals surface area (Å²) in [5.41, 5.74) is 10.3. The van der Waals surface area contributed by atoms with Gasteiger partial charge >= 0.3 is 0 Å². The predicted octanol–water partition coefficient (Wildman–Crippen LogP) is 10.6. The first-order chi connectivity index (χ1) is 20.7. The summed E-state index contributed by atoms with van der Waals surface area (Å²) in [6, 6.07) is 42.5. The monoisotopic (exact) mass is 537 g/mol. The molecule has 0 bridgehead atoms. The SMILES string of the molecule is [C-]#[N+]c1ccc2c(c1)c1ccccc1n2-c1ccc2c(c1)c1ccccc1n2-c1cccc2c1oc1ccc(C)cc12. The summed E-state index contributed by atoms with van der Waals surface area (Å²) in [6.45, 7) is 9.66. The van der Waals surface area contributed by atoms with Crippen LogP contribution in [0.5, 0.6) is 0 Å². The van der Waals surface area contributed by atoms with Crippen LogP contribution in [0.25, 0.3) is 81.8 Å². The Morgan fingerprint density at radius 3 is 2.02 bits per heavy atom. The van der Waals surface area contributed by atoms with Gasteiger partial charge in [0, 0.05) is 32.6 Å². The molecule has 9 aromatic rings. The summed E-state index contributed by atoms with van der Waals surface area (Å²) in [5, 5.41) is 6.87. The maximum atomic E-state index is 7.54. The van der Waals surface area contributed by atoms with Gasteiger partial charge in [-0.05, 0) is 73.0 Å². The molecule has 0 aliphatic rings. The number of hydrogen-bond acceptors (Lipinski definition) is 1. The van der Waals surface area contributed by atoms with Gasteiger partial charge in [-0.25, -0.2) is 4.85 Å². The highest BCUT2D eigenvalue weighted by atomic mass is 16.3. The molecule has 42 heavy (non-hydrogen) atoms. The van der Waals surface area contributed by atoms with Crippen LogP contribution in [0.4, 0.5) is 5.69 Å². The van der Waals surface area contributed by atoms with Gasteiger partial charge in [-0.1, -0.05) is 66.2 Å². The fourth-order valence-electron chi connectivity index (χ4n) is 6.74. The number of nitrogens with zero attached hydrogens (tertiary/aromatic N) is 3. The molecule has 0 amide bonds. The highest BCUT2D eigenvalue weighted by Gasteiger charge is 2.19. The first kappa shape index (κ1) is 23.0. The minimum atomic E-state index is 0.652. The lowest BCUT2D eigenvalue weighted by Crippen LogP contribution is -1.96. The number of benzene rings is 6. The van der Waals surface area contributed by atoms with Crippen LogP contribution in [0.3, 0.4) is 0 Å². The van der Waals surface area contributed by atoms with E-state index in [1.807, 2.05) is 12.1 Å². The summed E-state index contributed by atoms with van der Waals surface area (Å²) in [5.74, 6) is 0. The van der Waals surface area contributed by atoms with Crippen molar-refractivity contribution in [2.75, 3.05) is 0 Å². The lowest BCUT2D eigenvalue weighted by molar-refractivity contribution is 0.666. The molecule has 6 aromatic carbocycles. The second-order valence-electron chi connectivity index (χ2n) is 11.0.